The number of benzene rings is 1. The summed E-state index contributed by atoms with van der Waals surface area (Å²) >= 11 is 8.38. The molecule has 0 spiro atoms. The number of β-lactam (4-membered cyclic amide) rings is 1. The van der Waals surface area contributed by atoms with Gasteiger partial charge in [-0.2, -0.15) is 0 Å². The number of hydrogen-bond donors (Lipinski definition) is 3. The van der Waals surface area contributed by atoms with Gasteiger partial charge in [-0.15, -0.1) is 23.1 Å². The number of carboxylic acid groups (broad SMARTS) is 2. The number of anilines is 1. The fourth-order valence-electron chi connectivity index (χ4n) is 7.33. The Morgan fingerprint density at radius 1 is 1.21 bits per heavy atom. The summed E-state index contributed by atoms with van der Waals surface area (Å²) in [5, 5.41) is 48.2. The third kappa shape index (κ3) is 7.63. The van der Waals surface area contributed by atoms with Crippen LogP contribution in [0.2, 0.25) is 5.02 Å². The van der Waals surface area contributed by atoms with Crippen molar-refractivity contribution in [2.75, 3.05) is 38.5 Å². The van der Waals surface area contributed by atoms with Crippen LogP contribution in [0.3, 0.4) is 0 Å². The number of carbonyl (C=O) groups excluding carboxylic acids is 5. The van der Waals surface area contributed by atoms with Crippen molar-refractivity contribution in [3.05, 3.63) is 45.1 Å². The average molecular weight is 799 g/mol. The van der Waals surface area contributed by atoms with Crippen LogP contribution in [-0.2, 0) is 24.0 Å². The van der Waals surface area contributed by atoms with Crippen LogP contribution in [0, 0.1) is 5.92 Å². The zero-order valence-electron chi connectivity index (χ0n) is 29.4. The second-order valence-electron chi connectivity index (χ2n) is 13.9. The topological polar surface area (TPSA) is 239 Å². The number of thioether (sulfide) groups is 1. The summed E-state index contributed by atoms with van der Waals surface area (Å²) < 4.78 is 0.524. The van der Waals surface area contributed by atoms with E-state index in [1.54, 1.807) is 4.90 Å². The van der Waals surface area contributed by atoms with Crippen molar-refractivity contribution in [2.45, 2.75) is 62.3 Å². The van der Waals surface area contributed by atoms with Gasteiger partial charge in [0.1, 0.15) is 18.3 Å². The van der Waals surface area contributed by atoms with Crippen molar-refractivity contribution in [2.24, 2.45) is 11.1 Å². The third-order valence-electron chi connectivity index (χ3n) is 10.2. The normalized spacial score (nSPS) is 25.6. The number of quaternary nitrogens is 1. The number of phenols is 2. The van der Waals surface area contributed by atoms with Gasteiger partial charge in [-0.05, 0) is 32.9 Å². The monoisotopic (exact) mass is 798 g/mol. The van der Waals surface area contributed by atoms with Gasteiger partial charge >= 0.3 is 29.6 Å². The molecule has 5 heterocycles. The number of amides is 2. The Morgan fingerprint density at radius 2 is 1.92 bits per heavy atom. The molecule has 3 saturated heterocycles. The summed E-state index contributed by atoms with van der Waals surface area (Å²) in [5.41, 5.74) is 4.03. The first-order valence-electron chi connectivity index (χ1n) is 16.5. The molecule has 53 heavy (non-hydrogen) atoms. The molecule has 16 nitrogen and oxygen atoms in total. The molecule has 0 bridgehead atoms. The SMILES string of the molecule is C[C@@H]1S[C@@H]2[C@H](CC(=O)/C(=N\OC(C)(C)C(=O)[O-])c3csc(N)n3)C(=O)N2C(C(=O)[O-])=C1C[N+]12CCC[C@H]1CN(C(=O)c1cc(O)c(O)c(Cl)c1)CC2.[Na+]. The molecule has 1 aromatic heterocycles. The molecule has 5 atom stereocenters. The summed E-state index contributed by atoms with van der Waals surface area (Å²) in [6, 6.07) is 2.45. The van der Waals surface area contributed by atoms with Crippen LogP contribution in [0.25, 0.3) is 0 Å². The van der Waals surface area contributed by atoms with Crippen LogP contribution in [0.5, 0.6) is 11.5 Å². The molecule has 4 N–H and O–H groups in total. The summed E-state index contributed by atoms with van der Waals surface area (Å²) in [5.74, 6) is -6.61. The number of phenolic OH excluding ortho intramolecular Hbond substituents is 2. The number of nitrogen functional groups attached to an aromatic ring is 1. The zero-order valence-corrected chi connectivity index (χ0v) is 33.8. The van der Waals surface area contributed by atoms with Crippen molar-refractivity contribution in [3.63, 3.8) is 0 Å². The first-order chi connectivity index (χ1) is 24.4. The number of piperazine rings is 1. The Kier molecular flexibility index (Phi) is 11.8. The molecule has 2 amide bonds. The van der Waals surface area contributed by atoms with Crippen molar-refractivity contribution in [1.82, 2.24) is 14.8 Å². The van der Waals surface area contributed by atoms with Crippen LogP contribution in [0.15, 0.2) is 33.9 Å². The quantitative estimate of drug-likeness (QED) is 0.0516. The van der Waals surface area contributed by atoms with E-state index in [0.717, 1.165) is 30.7 Å². The molecule has 1 unspecified atom stereocenters. The predicted molar refractivity (Wildman–Crippen MR) is 185 cm³/mol. The van der Waals surface area contributed by atoms with Crippen LogP contribution in [0.4, 0.5) is 5.13 Å². The molecule has 278 valence electrons. The Balaban J connectivity index is 0.00000541. The van der Waals surface area contributed by atoms with Gasteiger partial charge in [0.25, 0.3) is 5.91 Å². The Labute approximate surface area is 339 Å². The fraction of sp³-hybridized carbons (Fsp3) is 0.485. The first kappa shape index (κ1) is 40.8. The Bertz CT molecular complexity index is 1920. The van der Waals surface area contributed by atoms with Crippen LogP contribution in [-0.4, -0.2) is 120 Å². The van der Waals surface area contributed by atoms with Crippen molar-refractivity contribution < 1.29 is 83.3 Å². The van der Waals surface area contributed by atoms with E-state index in [4.69, 9.17) is 22.2 Å². The number of hydrogen-bond acceptors (Lipinski definition) is 15. The summed E-state index contributed by atoms with van der Waals surface area (Å²) in [6.07, 6.45) is 1.26. The van der Waals surface area contributed by atoms with E-state index in [9.17, 15) is 44.4 Å². The number of nitrogens with two attached hydrogens (primary N) is 1. The van der Waals surface area contributed by atoms with E-state index in [-0.39, 0.29) is 86.0 Å². The number of carbonyl (C=O) groups is 5. The Morgan fingerprint density at radius 3 is 2.55 bits per heavy atom. The van der Waals surface area contributed by atoms with Gasteiger partial charge in [-0.3, -0.25) is 19.3 Å². The van der Waals surface area contributed by atoms with Gasteiger partial charge in [0.15, 0.2) is 33.7 Å². The molecule has 1 aromatic carbocycles. The largest absolute Gasteiger partial charge is 1.00 e. The maximum absolute atomic E-state index is 13.7. The molecule has 0 aliphatic carbocycles. The number of Topliss-reactive ketones (excluding diaryl/α,β-unsaturated/α-hetero) is 1. The molecule has 0 radical (unpaired) electrons. The number of halogens is 1. The van der Waals surface area contributed by atoms with Gasteiger partial charge in [-0.1, -0.05) is 16.8 Å². The van der Waals surface area contributed by atoms with E-state index in [2.05, 4.69) is 10.1 Å². The molecule has 4 aliphatic rings. The first-order valence-corrected chi connectivity index (χ1v) is 18.7. The summed E-state index contributed by atoms with van der Waals surface area (Å²) in [4.78, 5) is 76.9. The summed E-state index contributed by atoms with van der Waals surface area (Å²) in [7, 11) is 0. The zero-order chi connectivity index (χ0) is 37.9. The number of fused-ring (bicyclic) bond motifs is 2. The number of nitrogens with zero attached hydrogens (tertiary/aromatic N) is 5. The van der Waals surface area contributed by atoms with E-state index < -0.39 is 52.0 Å². The maximum atomic E-state index is 13.7. The second-order valence-corrected chi connectivity index (χ2v) is 16.6. The minimum Gasteiger partial charge on any atom is -0.546 e. The van der Waals surface area contributed by atoms with Crippen molar-refractivity contribution in [1.29, 1.82) is 0 Å². The molecule has 4 aliphatic heterocycles. The molecule has 0 saturated carbocycles. The van der Waals surface area contributed by atoms with E-state index >= 15 is 0 Å². The molecule has 2 aromatic rings. The number of rotatable bonds is 11. The van der Waals surface area contributed by atoms with Gasteiger partial charge in [-0.25, -0.2) is 4.98 Å². The van der Waals surface area contributed by atoms with Gasteiger partial charge in [0.2, 0.25) is 5.91 Å². The second kappa shape index (κ2) is 15.4. The molecule has 6 rings (SSSR count). The number of carboxylic acids is 2. The average Bonchev–Trinajstić information content (AvgIpc) is 3.71. The minimum absolute atomic E-state index is 0. The maximum Gasteiger partial charge on any atom is 1.00 e. The number of aliphatic carboxylic acids is 2. The van der Waals surface area contributed by atoms with Crippen LogP contribution >= 0.6 is 34.7 Å². The Hall–Kier alpha value is -3.39. The van der Waals surface area contributed by atoms with Gasteiger partial charge in [0, 0.05) is 41.0 Å². The van der Waals surface area contributed by atoms with Crippen molar-refractivity contribution >= 4 is 75.1 Å². The van der Waals surface area contributed by atoms with E-state index in [0.29, 0.717) is 36.2 Å². The fourth-order valence-corrected chi connectivity index (χ4v) is 9.60. The minimum atomic E-state index is -1.89. The molecule has 20 heteroatoms. The number of thiazole rings is 1. The number of oxime groups is 1. The molecular formula is C33H36ClN6NaO10S2. The molecular weight excluding hydrogens is 763 g/mol. The summed E-state index contributed by atoms with van der Waals surface area (Å²) in [6.45, 7) is 6.55. The third-order valence-corrected chi connectivity index (χ3v) is 12.7. The van der Waals surface area contributed by atoms with E-state index in [1.165, 1.54) is 48.0 Å². The number of aromatic nitrogens is 1. The van der Waals surface area contributed by atoms with Gasteiger partial charge < -0.3 is 50.0 Å². The smallest absolute Gasteiger partial charge is 0.546 e. The van der Waals surface area contributed by atoms with Crippen molar-refractivity contribution in [3.8, 4) is 11.5 Å². The predicted octanol–water partition coefficient (Wildman–Crippen LogP) is -2.94. The van der Waals surface area contributed by atoms with Crippen LogP contribution < -0.4 is 45.5 Å². The standard InChI is InChI=1S/C33H37ClN6O10S2.Na/c1-15-19(13-40-7-4-5-17(40)12-38(6-8-40)27(44)16-9-20(34)26(43)23(42)10-16)25(30(46)47)39-28(45)18(29(39)52-15)11-22(41)24(21-14-51-32(35)36-21)37-50-33(2,3)31(48)49;/h9-10,14-15,17-18,29H,4-8,11-13H2,1-3H3,(H5-,35,36,37,41,42,43,44,46,47,48,49);/q;+1/p-1/t15-,17-,18+,29+,40?;/m0./s1. The molecule has 3 fully saturated rings. The number of ketones is 1. The van der Waals surface area contributed by atoms with E-state index in [1.807, 2.05) is 6.92 Å². The van der Waals surface area contributed by atoms with Crippen LogP contribution in [0.1, 0.15) is 56.1 Å². The van der Waals surface area contributed by atoms with Gasteiger partial charge in [0.05, 0.1) is 60.1 Å². The number of aromatic hydroxyl groups is 2.